The topological polar surface area (TPSA) is 76.1 Å². The van der Waals surface area contributed by atoms with Crippen molar-refractivity contribution in [1.82, 2.24) is 4.90 Å². The largest absolute Gasteiger partial charge is 0.465 e. The number of ether oxygens (including phenoxy) is 2. The number of halogens is 1. The van der Waals surface area contributed by atoms with Gasteiger partial charge >= 0.3 is 5.97 Å². The van der Waals surface area contributed by atoms with Gasteiger partial charge < -0.3 is 24.3 Å². The molecular formula is C51H106INO5. The molecule has 0 aromatic heterocycles. The molecule has 0 saturated heterocycles. The molecule has 0 saturated carbocycles. The molecule has 0 heterocycles. The summed E-state index contributed by atoms with van der Waals surface area (Å²) in [6, 6.07) is 0. The van der Waals surface area contributed by atoms with Crippen molar-refractivity contribution in [3.05, 3.63) is 0 Å². The number of aliphatic hydroxyl groups is 1. The lowest BCUT2D eigenvalue weighted by Gasteiger charge is -2.22. The second-order valence-electron chi connectivity index (χ2n) is 16.4. The van der Waals surface area contributed by atoms with Crippen LogP contribution in [0.15, 0.2) is 0 Å². The molecule has 0 aromatic rings. The van der Waals surface area contributed by atoms with Crippen molar-refractivity contribution in [2.75, 3.05) is 51.5 Å². The highest BCUT2D eigenvalue weighted by atomic mass is 127. The number of hydrogen-bond donors (Lipinski definition) is 1. The molecule has 2 atom stereocenters. The third-order valence-corrected chi connectivity index (χ3v) is 11.0. The van der Waals surface area contributed by atoms with Gasteiger partial charge in [0.05, 0.1) is 6.61 Å². The highest BCUT2D eigenvalue weighted by Gasteiger charge is 2.13. The van der Waals surface area contributed by atoms with Crippen molar-refractivity contribution < 1.29 is 24.2 Å². The number of aliphatic hydroxyl groups excluding tert-OH is 1. The van der Waals surface area contributed by atoms with Gasteiger partial charge in [-0.05, 0) is 87.6 Å². The van der Waals surface area contributed by atoms with Crippen LogP contribution in [0.25, 0.3) is 0 Å². The quantitative estimate of drug-likeness (QED) is 0.0216. The second-order valence-corrected chi connectivity index (χ2v) is 16.4. The molecule has 0 spiro atoms. The van der Waals surface area contributed by atoms with Crippen LogP contribution in [-0.4, -0.2) is 73.8 Å². The Morgan fingerprint density at radius 2 is 0.897 bits per heavy atom. The zero-order chi connectivity index (χ0) is 44.0. The van der Waals surface area contributed by atoms with Crippen LogP contribution < -0.4 is 0 Å². The van der Waals surface area contributed by atoms with Gasteiger partial charge in [-0.3, -0.25) is 4.79 Å². The van der Waals surface area contributed by atoms with Gasteiger partial charge in [0.1, 0.15) is 6.29 Å². The van der Waals surface area contributed by atoms with Crippen LogP contribution in [0.4, 0.5) is 0 Å². The minimum absolute atomic E-state index is 0.0242. The van der Waals surface area contributed by atoms with Gasteiger partial charge in [-0.25, -0.2) is 0 Å². The highest BCUT2D eigenvalue weighted by molar-refractivity contribution is 14.1. The van der Waals surface area contributed by atoms with Gasteiger partial charge in [0.15, 0.2) is 0 Å². The number of hydrogen-bond acceptors (Lipinski definition) is 6. The van der Waals surface area contributed by atoms with Crippen molar-refractivity contribution in [1.29, 1.82) is 0 Å². The number of alkyl halides is 1. The van der Waals surface area contributed by atoms with E-state index in [0.29, 0.717) is 25.4 Å². The van der Waals surface area contributed by atoms with E-state index in [4.69, 9.17) is 14.6 Å². The van der Waals surface area contributed by atoms with Gasteiger partial charge in [0, 0.05) is 39.7 Å². The highest BCUT2D eigenvalue weighted by Crippen LogP contribution is 2.21. The first-order chi connectivity index (χ1) is 28.5. The number of carbonyl (C=O) groups excluding carboxylic acids is 2. The van der Waals surface area contributed by atoms with E-state index >= 15 is 0 Å². The molecule has 0 rings (SSSR count). The van der Waals surface area contributed by atoms with E-state index in [1.54, 1.807) is 0 Å². The van der Waals surface area contributed by atoms with Gasteiger partial charge in [-0.1, -0.05) is 205 Å². The molecular weight excluding hydrogens is 833 g/mol. The summed E-state index contributed by atoms with van der Waals surface area (Å²) in [7, 11) is 1.85. The van der Waals surface area contributed by atoms with Crippen LogP contribution >= 0.6 is 22.6 Å². The Labute approximate surface area is 378 Å². The molecule has 2 unspecified atom stereocenters. The molecule has 0 aliphatic carbocycles. The van der Waals surface area contributed by atoms with Gasteiger partial charge in [0.25, 0.3) is 0 Å². The summed E-state index contributed by atoms with van der Waals surface area (Å²) in [5.41, 5.74) is 0. The Kier molecular flexibility index (Phi) is 67.8. The minimum Gasteiger partial charge on any atom is -0.465 e. The summed E-state index contributed by atoms with van der Waals surface area (Å²) in [6.45, 7) is 17.8. The molecule has 0 aliphatic rings. The fourth-order valence-electron chi connectivity index (χ4n) is 7.44. The fraction of sp³-hybridized carbons (Fsp3) is 0.961. The summed E-state index contributed by atoms with van der Waals surface area (Å²) in [5.74, 6) is 1.32. The summed E-state index contributed by atoms with van der Waals surface area (Å²) < 4.78 is 11.1. The predicted octanol–water partition coefficient (Wildman–Crippen LogP) is 15.9. The first-order valence-corrected chi connectivity index (χ1v) is 27.5. The van der Waals surface area contributed by atoms with Crippen LogP contribution in [0.3, 0.4) is 0 Å². The Balaban J connectivity index is -0.000000554. The van der Waals surface area contributed by atoms with E-state index in [2.05, 4.69) is 55.2 Å². The molecule has 0 amide bonds. The van der Waals surface area contributed by atoms with Crippen molar-refractivity contribution in [2.24, 2.45) is 11.8 Å². The Morgan fingerprint density at radius 3 is 1.31 bits per heavy atom. The molecule has 352 valence electrons. The normalized spacial score (nSPS) is 11.8. The molecule has 0 fully saturated rings. The molecule has 0 aromatic carbocycles. The van der Waals surface area contributed by atoms with E-state index in [-0.39, 0.29) is 12.6 Å². The smallest absolute Gasteiger partial charge is 0.305 e. The predicted molar refractivity (Wildman–Crippen MR) is 266 cm³/mol. The van der Waals surface area contributed by atoms with Crippen LogP contribution in [-0.2, 0) is 19.1 Å². The zero-order valence-electron chi connectivity index (χ0n) is 40.7. The maximum Gasteiger partial charge on any atom is 0.305 e. The Hall–Kier alpha value is -0.250. The number of esters is 1. The van der Waals surface area contributed by atoms with Crippen LogP contribution in [0.5, 0.6) is 0 Å². The first-order valence-electron chi connectivity index (χ1n) is 25.3. The fourth-order valence-corrected chi connectivity index (χ4v) is 7.44. The third kappa shape index (κ3) is 55.8. The first kappa shape index (κ1) is 64.4. The number of aldehydes is 1. The maximum absolute atomic E-state index is 12.4. The second kappa shape index (κ2) is 61.1. The molecule has 1 N–H and O–H groups in total. The summed E-state index contributed by atoms with van der Waals surface area (Å²) in [4.78, 5) is 27.2. The van der Waals surface area contributed by atoms with E-state index in [1.165, 1.54) is 154 Å². The molecule has 0 radical (unpaired) electrons. The van der Waals surface area contributed by atoms with Crippen molar-refractivity contribution in [2.45, 2.75) is 253 Å². The van der Waals surface area contributed by atoms with E-state index in [9.17, 15) is 9.59 Å². The Morgan fingerprint density at radius 1 is 0.534 bits per heavy atom. The number of unbranched alkanes of at least 4 members (excludes halogenated alkanes) is 21. The van der Waals surface area contributed by atoms with E-state index < -0.39 is 0 Å². The van der Waals surface area contributed by atoms with E-state index in [0.717, 1.165) is 83.4 Å². The van der Waals surface area contributed by atoms with Crippen LogP contribution in [0, 0.1) is 11.8 Å². The average molecular weight is 940 g/mol. The lowest BCUT2D eigenvalue weighted by atomic mass is 9.95. The molecule has 7 heteroatoms. The lowest BCUT2D eigenvalue weighted by Crippen LogP contribution is -2.28. The molecule has 0 bridgehead atoms. The van der Waals surface area contributed by atoms with Crippen molar-refractivity contribution in [3.63, 3.8) is 0 Å². The molecule has 58 heavy (non-hydrogen) atoms. The summed E-state index contributed by atoms with van der Waals surface area (Å²) >= 11 is 2.15. The summed E-state index contributed by atoms with van der Waals surface area (Å²) in [5, 5.41) is 9.16. The standard InChI is InChI=1S/C31H61NO4.C17H36O.C2H6.CH3I/c1-3-5-7-9-10-15-22-30(21-14-8-6-4-2)29-36-31(35)23-16-13-18-25-32(26-20-28-34)24-17-11-12-19-27-33;1-4-6-8-10-11-13-15-17(16-18-3)14-12-9-7-5-2;2*1-2/h27,30,34H,3-26,28-29H2,1-2H3;17H,4-16H2,1-3H3;1-2H3;1H3. The SMILES string of the molecule is CC.CCCCCCCCC(CCCCCC)COC.CCCCCCCCC(CCCCCC)COC(=O)CCCCCN(CCCO)CCCCCC=O.CI. The average Bonchev–Trinajstić information content (AvgIpc) is 3.25. The number of methoxy groups -OCH3 is 1. The molecule has 0 aliphatic heterocycles. The van der Waals surface area contributed by atoms with Crippen molar-refractivity contribution in [3.8, 4) is 0 Å². The maximum atomic E-state index is 12.4. The Bertz CT molecular complexity index is 727. The number of carbonyl (C=O) groups is 2. The minimum atomic E-state index is -0.0242. The van der Waals surface area contributed by atoms with Gasteiger partial charge in [-0.2, -0.15) is 0 Å². The third-order valence-electron chi connectivity index (χ3n) is 11.0. The summed E-state index contributed by atoms with van der Waals surface area (Å²) in [6.07, 6.45) is 41.4. The zero-order valence-corrected chi connectivity index (χ0v) is 42.9. The van der Waals surface area contributed by atoms with Crippen LogP contribution in [0.1, 0.15) is 253 Å². The monoisotopic (exact) mass is 940 g/mol. The van der Waals surface area contributed by atoms with Gasteiger partial charge in [0.2, 0.25) is 0 Å². The van der Waals surface area contributed by atoms with E-state index in [1.807, 2.05) is 25.9 Å². The number of nitrogens with zero attached hydrogens (tertiary/aromatic N) is 1. The number of rotatable bonds is 43. The van der Waals surface area contributed by atoms with Crippen molar-refractivity contribution >= 4 is 34.8 Å². The van der Waals surface area contributed by atoms with Gasteiger partial charge in [-0.15, -0.1) is 0 Å². The molecule has 6 nitrogen and oxygen atoms in total. The lowest BCUT2D eigenvalue weighted by molar-refractivity contribution is -0.145. The van der Waals surface area contributed by atoms with Crippen LogP contribution in [0.2, 0.25) is 0 Å².